The van der Waals surface area contributed by atoms with Crippen LogP contribution in [0, 0.1) is 17.7 Å². The normalized spacial score (nSPS) is 18.1. The highest BCUT2D eigenvalue weighted by molar-refractivity contribution is 7.91. The molecule has 1 aliphatic heterocycles. The van der Waals surface area contributed by atoms with Crippen LogP contribution >= 0.6 is 0 Å². The summed E-state index contributed by atoms with van der Waals surface area (Å²) in [6.45, 7) is 5.10. The molecule has 7 nitrogen and oxygen atoms in total. The van der Waals surface area contributed by atoms with Crippen molar-refractivity contribution in [1.82, 2.24) is 10.2 Å². The molecule has 1 N–H and O–H groups in total. The number of nitrogens with one attached hydrogen (secondary N) is 1. The molecule has 1 aromatic rings. The molecular weight excluding hydrogens is 447 g/mol. The molecule has 2 aliphatic rings. The number of nitrogens with zero attached hydrogens (tertiary/aromatic N) is 1. The lowest BCUT2D eigenvalue weighted by Gasteiger charge is -2.25. The SMILES string of the molecule is CC(C)[C@@H](CS(=O)(=O)CC/C=C/CN1CCC(=O)NC1=O)c1ccc(F)c(OCC2CC2)c1. The molecule has 33 heavy (non-hydrogen) atoms. The third-order valence-corrected chi connectivity index (χ3v) is 7.75. The molecule has 2 fully saturated rings. The van der Waals surface area contributed by atoms with Crippen molar-refractivity contribution < 1.29 is 27.1 Å². The molecule has 1 heterocycles. The minimum absolute atomic E-state index is 0.0103. The van der Waals surface area contributed by atoms with Gasteiger partial charge in [-0.05, 0) is 48.8 Å². The van der Waals surface area contributed by atoms with Crippen LogP contribution < -0.4 is 10.1 Å². The van der Waals surface area contributed by atoms with E-state index < -0.39 is 21.7 Å². The Morgan fingerprint density at radius 1 is 1.24 bits per heavy atom. The van der Waals surface area contributed by atoms with Crippen LogP contribution in [0.2, 0.25) is 0 Å². The van der Waals surface area contributed by atoms with Crippen LogP contribution in [0.1, 0.15) is 51.0 Å². The largest absolute Gasteiger partial charge is 0.490 e. The van der Waals surface area contributed by atoms with Gasteiger partial charge in [-0.2, -0.15) is 0 Å². The van der Waals surface area contributed by atoms with Gasteiger partial charge in [0.2, 0.25) is 5.91 Å². The monoisotopic (exact) mass is 480 g/mol. The fourth-order valence-corrected chi connectivity index (χ4v) is 5.51. The zero-order valence-electron chi connectivity index (χ0n) is 19.3. The summed E-state index contributed by atoms with van der Waals surface area (Å²) in [4.78, 5) is 24.4. The molecule has 0 unspecified atom stereocenters. The molecule has 3 rings (SSSR count). The van der Waals surface area contributed by atoms with Gasteiger partial charge in [-0.1, -0.05) is 32.1 Å². The van der Waals surface area contributed by atoms with Crippen molar-refractivity contribution in [2.24, 2.45) is 11.8 Å². The summed E-state index contributed by atoms with van der Waals surface area (Å²) < 4.78 is 45.4. The summed E-state index contributed by atoms with van der Waals surface area (Å²) in [5.41, 5.74) is 0.766. The second kappa shape index (κ2) is 11.1. The van der Waals surface area contributed by atoms with E-state index in [1.54, 1.807) is 24.3 Å². The Kier molecular flexibility index (Phi) is 8.51. The number of urea groups is 1. The first kappa shape index (κ1) is 25.2. The van der Waals surface area contributed by atoms with Gasteiger partial charge in [0, 0.05) is 25.4 Å². The van der Waals surface area contributed by atoms with Crippen molar-refractivity contribution in [3.8, 4) is 5.75 Å². The summed E-state index contributed by atoms with van der Waals surface area (Å²) in [6.07, 6.45) is 6.30. The topological polar surface area (TPSA) is 92.8 Å². The van der Waals surface area contributed by atoms with Crippen LogP contribution in [-0.4, -0.2) is 56.5 Å². The van der Waals surface area contributed by atoms with Gasteiger partial charge in [0.1, 0.15) is 0 Å². The van der Waals surface area contributed by atoms with Crippen LogP contribution in [0.4, 0.5) is 9.18 Å². The summed E-state index contributed by atoms with van der Waals surface area (Å²) in [7, 11) is -3.36. The number of amides is 3. The number of halogens is 1. The third-order valence-electron chi connectivity index (χ3n) is 6.02. The molecule has 3 amide bonds. The van der Waals surface area contributed by atoms with E-state index in [2.05, 4.69) is 5.32 Å². The number of imide groups is 1. The molecule has 0 spiro atoms. The van der Waals surface area contributed by atoms with E-state index in [4.69, 9.17) is 4.74 Å². The van der Waals surface area contributed by atoms with Gasteiger partial charge in [-0.3, -0.25) is 10.1 Å². The van der Waals surface area contributed by atoms with Crippen molar-refractivity contribution in [2.45, 2.75) is 45.4 Å². The maximum atomic E-state index is 14.2. The van der Waals surface area contributed by atoms with Gasteiger partial charge >= 0.3 is 6.03 Å². The summed E-state index contributed by atoms with van der Waals surface area (Å²) in [5.74, 6) is -0.278. The quantitative estimate of drug-likeness (QED) is 0.461. The molecule has 1 aromatic carbocycles. The molecule has 9 heteroatoms. The Hall–Kier alpha value is -2.42. The molecule has 0 radical (unpaired) electrons. The summed E-state index contributed by atoms with van der Waals surface area (Å²) in [6, 6.07) is 4.22. The number of carbonyl (C=O) groups excluding carboxylic acids is 2. The molecule has 1 saturated heterocycles. The molecule has 1 aliphatic carbocycles. The maximum Gasteiger partial charge on any atom is 0.324 e. The first-order valence-electron chi connectivity index (χ1n) is 11.5. The van der Waals surface area contributed by atoms with Crippen molar-refractivity contribution in [3.63, 3.8) is 0 Å². The minimum atomic E-state index is -3.36. The van der Waals surface area contributed by atoms with Crippen molar-refractivity contribution in [1.29, 1.82) is 0 Å². The van der Waals surface area contributed by atoms with E-state index in [1.165, 1.54) is 11.0 Å². The highest BCUT2D eigenvalue weighted by Crippen LogP contribution is 2.33. The van der Waals surface area contributed by atoms with Gasteiger partial charge in [0.15, 0.2) is 21.4 Å². The molecular formula is C24H33FN2O5S. The van der Waals surface area contributed by atoms with Crippen molar-refractivity contribution >= 4 is 21.8 Å². The molecule has 0 aromatic heterocycles. The first-order valence-corrected chi connectivity index (χ1v) is 13.3. The zero-order chi connectivity index (χ0) is 24.0. The maximum absolute atomic E-state index is 14.2. The summed E-state index contributed by atoms with van der Waals surface area (Å²) in [5, 5.41) is 2.25. The van der Waals surface area contributed by atoms with Crippen LogP contribution in [0.15, 0.2) is 30.4 Å². The average molecular weight is 481 g/mol. The number of hydrogen-bond donors (Lipinski definition) is 1. The third kappa shape index (κ3) is 7.84. The number of allylic oxidation sites excluding steroid dienone is 1. The Balaban J connectivity index is 1.54. The Morgan fingerprint density at radius 3 is 2.67 bits per heavy atom. The molecule has 1 saturated carbocycles. The number of hydrogen-bond acceptors (Lipinski definition) is 5. The molecule has 182 valence electrons. The smallest absolute Gasteiger partial charge is 0.324 e. The van der Waals surface area contributed by atoms with Gasteiger partial charge in [0.25, 0.3) is 0 Å². The zero-order valence-corrected chi connectivity index (χ0v) is 20.1. The Labute approximate surface area is 195 Å². The number of rotatable bonds is 12. The highest BCUT2D eigenvalue weighted by atomic mass is 32.2. The first-order chi connectivity index (χ1) is 15.6. The highest BCUT2D eigenvalue weighted by Gasteiger charge is 2.26. The number of carbonyl (C=O) groups is 2. The van der Waals surface area contributed by atoms with E-state index in [1.807, 2.05) is 13.8 Å². The van der Waals surface area contributed by atoms with Crippen molar-refractivity contribution in [3.05, 3.63) is 41.7 Å². The van der Waals surface area contributed by atoms with Crippen LogP contribution in [0.25, 0.3) is 0 Å². The lowest BCUT2D eigenvalue weighted by atomic mass is 9.90. The fourth-order valence-electron chi connectivity index (χ4n) is 3.72. The van der Waals surface area contributed by atoms with Gasteiger partial charge in [0.05, 0.1) is 18.1 Å². The lowest BCUT2D eigenvalue weighted by molar-refractivity contribution is -0.121. The van der Waals surface area contributed by atoms with E-state index >= 15 is 0 Å². The fraction of sp³-hybridized carbons (Fsp3) is 0.583. The predicted octanol–water partition coefficient (Wildman–Crippen LogP) is 3.66. The van der Waals surface area contributed by atoms with Crippen LogP contribution in [-0.2, 0) is 14.6 Å². The van der Waals surface area contributed by atoms with Crippen LogP contribution in [0.5, 0.6) is 5.75 Å². The number of sulfone groups is 1. The van der Waals surface area contributed by atoms with E-state index in [9.17, 15) is 22.4 Å². The van der Waals surface area contributed by atoms with E-state index in [-0.39, 0.29) is 41.4 Å². The standard InChI is InChI=1S/C24H33FN2O5S/c1-17(2)20(19-8-9-21(25)22(14-19)32-15-18-6-7-18)16-33(30,31)13-5-3-4-11-27-12-10-23(28)26-24(27)29/h3-4,8-9,14,17-18,20H,5-7,10-13,15-16H2,1-2H3,(H,26,28,29)/b4-3+/t20-/m1/s1. The van der Waals surface area contributed by atoms with Gasteiger partial charge in [-0.25, -0.2) is 17.6 Å². The van der Waals surface area contributed by atoms with Crippen LogP contribution in [0.3, 0.4) is 0 Å². The van der Waals surface area contributed by atoms with Gasteiger partial charge in [-0.15, -0.1) is 0 Å². The second-order valence-electron chi connectivity index (χ2n) is 9.22. The van der Waals surface area contributed by atoms with Crippen molar-refractivity contribution in [2.75, 3.05) is 31.2 Å². The average Bonchev–Trinajstić information content (AvgIpc) is 3.57. The molecule has 1 atom stereocenters. The minimum Gasteiger partial charge on any atom is -0.490 e. The number of ether oxygens (including phenoxy) is 1. The Bertz CT molecular complexity index is 989. The van der Waals surface area contributed by atoms with E-state index in [0.717, 1.165) is 18.4 Å². The second-order valence-corrected chi connectivity index (χ2v) is 11.4. The lowest BCUT2D eigenvalue weighted by Crippen LogP contribution is -2.49. The van der Waals surface area contributed by atoms with E-state index in [0.29, 0.717) is 32.0 Å². The van der Waals surface area contributed by atoms with Gasteiger partial charge < -0.3 is 9.64 Å². The number of benzene rings is 1. The Morgan fingerprint density at radius 2 is 2.00 bits per heavy atom. The molecule has 0 bridgehead atoms. The predicted molar refractivity (Wildman–Crippen MR) is 124 cm³/mol. The summed E-state index contributed by atoms with van der Waals surface area (Å²) >= 11 is 0.